The van der Waals surface area contributed by atoms with Crippen molar-refractivity contribution in [3.8, 4) is 0 Å². The Morgan fingerprint density at radius 3 is 1.43 bits per heavy atom. The largest absolute Gasteiger partial charge is 0 e. The van der Waals surface area contributed by atoms with Crippen LogP contribution in [-0.4, -0.2) is 28.6 Å². The van der Waals surface area contributed by atoms with Crippen LogP contribution in [-0.2, 0) is 26.3 Å². The summed E-state index contributed by atoms with van der Waals surface area (Å²) < 4.78 is 19.0. The third-order valence-corrected chi connectivity index (χ3v) is 0. The van der Waals surface area contributed by atoms with Crippen LogP contribution in [0.1, 0.15) is 0 Å². The maximum atomic E-state index is 10.4. The molecule has 0 bridgehead atoms. The van der Waals surface area contributed by atoms with Gasteiger partial charge >= 0.3 is 26.8 Å². The molecule has 0 fully saturated rings. The molecule has 2 N–H and O–H groups in total. The Hall–Kier alpha value is 1.39. The Balaban J connectivity index is -0.0000000800. The van der Waals surface area contributed by atoms with Gasteiger partial charge in [0.2, 0.25) is 0 Å². The molecular formula is H3FLiO3PTi. The van der Waals surface area contributed by atoms with E-state index < -0.39 is 7.91 Å². The molecule has 0 aliphatic heterocycles. The van der Waals surface area contributed by atoms with E-state index >= 15 is 0 Å². The third kappa shape index (κ3) is 111. The first kappa shape index (κ1) is 15.8. The molecule has 0 atom stereocenters. The molecule has 0 aromatic heterocycles. The topological polar surface area (TPSA) is 57.5 Å². The van der Waals surface area contributed by atoms with E-state index in [1.54, 1.807) is 0 Å². The molecule has 7 heteroatoms. The quantitative estimate of drug-likeness (QED) is 0.363. The van der Waals surface area contributed by atoms with Gasteiger partial charge in [0.15, 0.2) is 0 Å². The first-order chi connectivity index (χ1) is 2.00. The number of hydrogen-bond donors (Lipinski definition) is 2. The predicted octanol–water partition coefficient (Wildman–Crippen LogP) is -0.602. The Kier molecular flexibility index (Phi) is 12.5. The Morgan fingerprint density at radius 1 is 1.43 bits per heavy atom. The standard InChI is InChI=1S/FH2O3P.Li.Ti.H/c1-5(2,3)4;;;/h(H2,2,3,4);;;. The number of halogens is 1. The van der Waals surface area contributed by atoms with Crippen molar-refractivity contribution in [3.05, 3.63) is 0 Å². The van der Waals surface area contributed by atoms with Gasteiger partial charge in [-0.1, -0.05) is 0 Å². The average Bonchev–Trinajstić information content (AvgIpc) is 0.722. The van der Waals surface area contributed by atoms with E-state index in [0.717, 1.165) is 0 Å². The van der Waals surface area contributed by atoms with Gasteiger partial charge in [0.05, 0.1) is 0 Å². The number of rotatable bonds is 0. The second-order valence-corrected chi connectivity index (χ2v) is 1.42. The van der Waals surface area contributed by atoms with Gasteiger partial charge in [0.25, 0.3) is 0 Å². The molecular weight excluding hydrogens is 153 g/mol. The van der Waals surface area contributed by atoms with Gasteiger partial charge in [0, 0.05) is 21.7 Å². The zero-order valence-corrected chi connectivity index (χ0v) is 5.08. The summed E-state index contributed by atoms with van der Waals surface area (Å²) in [5, 5.41) is 0. The molecule has 0 saturated carbocycles. The summed E-state index contributed by atoms with van der Waals surface area (Å²) in [6, 6.07) is 0. The molecule has 0 aromatic carbocycles. The molecule has 0 spiro atoms. The smallest absolute Gasteiger partial charge is 0 e. The Morgan fingerprint density at radius 2 is 1.43 bits per heavy atom. The first-order valence-corrected chi connectivity index (χ1v) is 2.25. The Labute approximate surface area is 67.0 Å². The SMILES string of the molecule is O=P(O)(O)F.[LiH].[Ti]. The molecule has 0 aromatic rings. The third-order valence-electron chi connectivity index (χ3n) is 0. The van der Waals surface area contributed by atoms with Crippen molar-refractivity contribution >= 4 is 26.8 Å². The minimum Gasteiger partial charge on any atom is 0 e. The normalized spacial score (nSPS) is 8.43. The second kappa shape index (κ2) is 5.53. The summed E-state index contributed by atoms with van der Waals surface area (Å²) in [6.45, 7) is 0. The fourth-order valence-corrected chi connectivity index (χ4v) is 0. The van der Waals surface area contributed by atoms with Crippen LogP contribution in [0.15, 0.2) is 0 Å². The van der Waals surface area contributed by atoms with Crippen LogP contribution in [0.5, 0.6) is 0 Å². The molecule has 38 valence electrons. The monoisotopic (exact) mass is 156 g/mol. The summed E-state index contributed by atoms with van der Waals surface area (Å²) >= 11 is 0. The summed E-state index contributed by atoms with van der Waals surface area (Å²) in [6.07, 6.45) is 0. The van der Waals surface area contributed by atoms with Crippen molar-refractivity contribution in [1.82, 2.24) is 0 Å². The van der Waals surface area contributed by atoms with Crippen LogP contribution in [0, 0.1) is 0 Å². The van der Waals surface area contributed by atoms with E-state index in [9.17, 15) is 4.20 Å². The maximum Gasteiger partial charge on any atom is 0 e. The molecule has 0 rings (SSSR count). The molecule has 0 aliphatic rings. The fraction of sp³-hybridized carbons (Fsp3) is 0. The molecule has 0 heterocycles. The maximum absolute atomic E-state index is 10.4. The van der Waals surface area contributed by atoms with Crippen LogP contribution >= 0.6 is 7.91 Å². The summed E-state index contributed by atoms with van der Waals surface area (Å²) in [5.41, 5.74) is 0. The van der Waals surface area contributed by atoms with Gasteiger partial charge in [0.1, 0.15) is 0 Å². The van der Waals surface area contributed by atoms with Crippen molar-refractivity contribution in [2.24, 2.45) is 0 Å². The molecule has 0 unspecified atom stereocenters. The van der Waals surface area contributed by atoms with Crippen LogP contribution in [0.2, 0.25) is 0 Å². The van der Waals surface area contributed by atoms with Crippen LogP contribution in [0.25, 0.3) is 0 Å². The molecule has 3 nitrogen and oxygen atoms in total. The predicted molar refractivity (Wildman–Crippen MR) is 20.3 cm³/mol. The molecule has 0 aliphatic carbocycles. The van der Waals surface area contributed by atoms with E-state index in [0.29, 0.717) is 0 Å². The second-order valence-electron chi connectivity index (χ2n) is 0.473. The van der Waals surface area contributed by atoms with Gasteiger partial charge in [-0.15, -0.1) is 4.20 Å². The zero-order valence-electron chi connectivity index (χ0n) is 2.63. The van der Waals surface area contributed by atoms with E-state index in [-0.39, 0.29) is 40.6 Å². The van der Waals surface area contributed by atoms with Crippen molar-refractivity contribution in [1.29, 1.82) is 0 Å². The van der Waals surface area contributed by atoms with E-state index in [1.807, 2.05) is 0 Å². The summed E-state index contributed by atoms with van der Waals surface area (Å²) in [4.78, 5) is 13.9. The van der Waals surface area contributed by atoms with Gasteiger partial charge in [-0.25, -0.2) is 4.57 Å². The van der Waals surface area contributed by atoms with Crippen LogP contribution in [0.4, 0.5) is 4.20 Å². The van der Waals surface area contributed by atoms with Crippen molar-refractivity contribution in [3.63, 3.8) is 0 Å². The van der Waals surface area contributed by atoms with Crippen molar-refractivity contribution in [2.75, 3.05) is 0 Å². The number of hydrogen-bond acceptors (Lipinski definition) is 1. The average molecular weight is 156 g/mol. The molecule has 0 saturated heterocycles. The van der Waals surface area contributed by atoms with Gasteiger partial charge in [-0.05, 0) is 0 Å². The zero-order chi connectivity index (χ0) is 4.50. The van der Waals surface area contributed by atoms with Gasteiger partial charge in [-0.3, -0.25) is 9.79 Å². The molecule has 0 amide bonds. The summed E-state index contributed by atoms with van der Waals surface area (Å²) in [7, 11) is -5.14. The van der Waals surface area contributed by atoms with Crippen LogP contribution in [0.3, 0.4) is 0 Å². The fourth-order valence-electron chi connectivity index (χ4n) is 0. The van der Waals surface area contributed by atoms with Gasteiger partial charge < -0.3 is 0 Å². The minimum atomic E-state index is -5.14. The van der Waals surface area contributed by atoms with E-state index in [1.165, 1.54) is 0 Å². The van der Waals surface area contributed by atoms with Gasteiger partial charge in [-0.2, -0.15) is 0 Å². The Bertz CT molecular complexity index is 61.1. The first-order valence-electron chi connectivity index (χ1n) is 0.752. The van der Waals surface area contributed by atoms with Crippen molar-refractivity contribution in [2.45, 2.75) is 0 Å². The van der Waals surface area contributed by atoms with Crippen molar-refractivity contribution < 1.29 is 40.3 Å². The van der Waals surface area contributed by atoms with E-state index in [4.69, 9.17) is 14.4 Å². The minimum absolute atomic E-state index is 0. The molecule has 7 heavy (non-hydrogen) atoms. The summed E-state index contributed by atoms with van der Waals surface area (Å²) in [5.74, 6) is 0. The van der Waals surface area contributed by atoms with Crippen LogP contribution < -0.4 is 0 Å². The molecule has 0 radical (unpaired) electrons. The van der Waals surface area contributed by atoms with E-state index in [2.05, 4.69) is 0 Å².